The lowest BCUT2D eigenvalue weighted by molar-refractivity contribution is -0.0197. The van der Waals surface area contributed by atoms with Crippen molar-refractivity contribution in [2.75, 3.05) is 31.4 Å². The summed E-state index contributed by atoms with van der Waals surface area (Å²) < 4.78 is 53.8. The molecule has 2 unspecified atom stereocenters. The first-order valence-corrected chi connectivity index (χ1v) is 13.3. The molecular weight excluding hydrogens is 552 g/mol. The van der Waals surface area contributed by atoms with E-state index < -0.39 is 47.1 Å². The van der Waals surface area contributed by atoms with Crippen molar-refractivity contribution in [3.8, 4) is 28.2 Å². The van der Waals surface area contributed by atoms with Gasteiger partial charge in [0.15, 0.2) is 17.3 Å². The van der Waals surface area contributed by atoms with Crippen LogP contribution in [0, 0.1) is 11.6 Å². The third-order valence-electron chi connectivity index (χ3n) is 7.72. The third-order valence-corrected chi connectivity index (χ3v) is 7.72. The summed E-state index contributed by atoms with van der Waals surface area (Å²) in [7, 11) is 0. The minimum absolute atomic E-state index is 0.00530. The van der Waals surface area contributed by atoms with Crippen LogP contribution in [0.4, 0.5) is 13.6 Å². The second-order valence-electron chi connectivity index (χ2n) is 9.90. The molecule has 1 saturated heterocycles. The quantitative estimate of drug-likeness (QED) is 0.331. The van der Waals surface area contributed by atoms with E-state index in [2.05, 4.69) is 0 Å². The van der Waals surface area contributed by atoms with Crippen LogP contribution >= 0.6 is 0 Å². The summed E-state index contributed by atoms with van der Waals surface area (Å²) in [6, 6.07) is 11.7. The number of carbonyl (C=O) groups excluding carboxylic acids is 2. The molecule has 2 aromatic heterocycles. The highest BCUT2D eigenvalue weighted by Crippen LogP contribution is 2.49. The van der Waals surface area contributed by atoms with Gasteiger partial charge in [0.25, 0.3) is 5.91 Å². The molecule has 1 fully saturated rings. The van der Waals surface area contributed by atoms with E-state index in [4.69, 9.17) is 18.6 Å². The van der Waals surface area contributed by atoms with Crippen molar-refractivity contribution < 1.29 is 37.0 Å². The lowest BCUT2D eigenvalue weighted by atomic mass is 9.92. The van der Waals surface area contributed by atoms with Crippen LogP contribution in [0.3, 0.4) is 0 Å². The first-order valence-electron chi connectivity index (χ1n) is 13.3. The van der Waals surface area contributed by atoms with E-state index in [0.717, 1.165) is 12.1 Å². The number of benzene rings is 2. The van der Waals surface area contributed by atoms with Crippen LogP contribution in [-0.4, -0.2) is 54.2 Å². The fourth-order valence-electron chi connectivity index (χ4n) is 6.03. The van der Waals surface area contributed by atoms with E-state index in [9.17, 15) is 18.8 Å². The number of fused-ring (bicyclic) bond motifs is 7. The third kappa shape index (κ3) is 3.75. The van der Waals surface area contributed by atoms with Crippen LogP contribution in [0.2, 0.25) is 0 Å². The van der Waals surface area contributed by atoms with Crippen molar-refractivity contribution in [3.63, 3.8) is 0 Å². The SMILES string of the molecule is CCOC(=O)Oc1c2n(ccc1=O)N(C1c3ccccc3-c3occc3-c3c1ccc(F)c3F)C1COCCN1C2=O. The van der Waals surface area contributed by atoms with Gasteiger partial charge >= 0.3 is 6.16 Å². The maximum Gasteiger partial charge on any atom is 0.514 e. The highest BCUT2D eigenvalue weighted by Gasteiger charge is 2.47. The average molecular weight is 576 g/mol. The summed E-state index contributed by atoms with van der Waals surface area (Å²) in [6.45, 7) is 2.04. The van der Waals surface area contributed by atoms with E-state index in [1.54, 1.807) is 24.1 Å². The fourth-order valence-corrected chi connectivity index (χ4v) is 6.03. The number of morpholine rings is 1. The van der Waals surface area contributed by atoms with Crippen molar-refractivity contribution >= 4 is 12.1 Å². The Labute approximate surface area is 237 Å². The van der Waals surface area contributed by atoms with E-state index in [1.807, 2.05) is 18.2 Å². The molecule has 0 saturated carbocycles. The molecule has 12 heteroatoms. The Bertz CT molecular complexity index is 1820. The molecule has 3 aliphatic rings. The van der Waals surface area contributed by atoms with Crippen LogP contribution in [0.25, 0.3) is 22.5 Å². The topological polar surface area (TPSA) is 103 Å². The van der Waals surface area contributed by atoms with Gasteiger partial charge in [0, 0.05) is 35.5 Å². The zero-order valence-corrected chi connectivity index (χ0v) is 22.2. The molecule has 0 bridgehead atoms. The van der Waals surface area contributed by atoms with Crippen molar-refractivity contribution in [2.45, 2.75) is 19.1 Å². The number of furan rings is 1. The van der Waals surface area contributed by atoms with Gasteiger partial charge in [0.1, 0.15) is 11.9 Å². The van der Waals surface area contributed by atoms with Crippen molar-refractivity contribution in [1.82, 2.24) is 9.58 Å². The van der Waals surface area contributed by atoms with Gasteiger partial charge in [0.05, 0.1) is 32.1 Å². The Morgan fingerprint density at radius 3 is 2.71 bits per heavy atom. The van der Waals surface area contributed by atoms with Crippen LogP contribution in [0.1, 0.15) is 34.6 Å². The summed E-state index contributed by atoms with van der Waals surface area (Å²) in [5.74, 6) is -2.79. The van der Waals surface area contributed by atoms with Gasteiger partial charge in [-0.05, 0) is 30.2 Å². The molecule has 7 rings (SSSR count). The van der Waals surface area contributed by atoms with Gasteiger partial charge in [-0.3, -0.25) is 19.3 Å². The first-order chi connectivity index (χ1) is 20.4. The van der Waals surface area contributed by atoms with Gasteiger partial charge in [-0.2, -0.15) is 0 Å². The fraction of sp³-hybridized carbons (Fsp3) is 0.233. The van der Waals surface area contributed by atoms with Gasteiger partial charge in [-0.15, -0.1) is 0 Å². The van der Waals surface area contributed by atoms with Gasteiger partial charge < -0.3 is 23.5 Å². The standard InChI is InChI=1S/C30H23F2N3O7/c1-2-40-30(38)42-28-21(36)9-11-34-26(28)29(37)33-12-14-39-15-22(33)35(34)25-16-5-3-4-6-17(16)27-19(10-13-41-27)23-18(25)7-8-20(31)24(23)32/h3-11,13,22,25H,2,12,14-15H2,1H3. The van der Waals surface area contributed by atoms with Gasteiger partial charge in [-0.1, -0.05) is 30.3 Å². The molecule has 2 atom stereocenters. The molecule has 1 amide bonds. The summed E-state index contributed by atoms with van der Waals surface area (Å²) in [6.07, 6.45) is 0.939. The number of rotatable bonds is 3. The minimum atomic E-state index is -1.14. The molecule has 42 heavy (non-hydrogen) atoms. The molecule has 2 aliphatic heterocycles. The number of nitrogens with zero attached hydrogens (tertiary/aromatic N) is 3. The monoisotopic (exact) mass is 575 g/mol. The number of pyridine rings is 1. The zero-order chi connectivity index (χ0) is 29.1. The predicted octanol–water partition coefficient (Wildman–Crippen LogP) is 4.44. The van der Waals surface area contributed by atoms with Gasteiger partial charge in [-0.25, -0.2) is 13.6 Å². The number of halogens is 2. The zero-order valence-electron chi connectivity index (χ0n) is 22.2. The number of aromatic nitrogens is 1. The summed E-state index contributed by atoms with van der Waals surface area (Å²) >= 11 is 0. The molecular formula is C30H23F2N3O7. The highest BCUT2D eigenvalue weighted by molar-refractivity contribution is 5.97. The average Bonchev–Trinajstić information content (AvgIpc) is 3.43. The Kier molecular flexibility index (Phi) is 6.08. The second kappa shape index (κ2) is 9.84. The lowest BCUT2D eigenvalue weighted by Gasteiger charge is -2.51. The number of hydrogen-bond donors (Lipinski definition) is 0. The number of hydrogen-bond acceptors (Lipinski definition) is 8. The Balaban J connectivity index is 1.54. The summed E-state index contributed by atoms with van der Waals surface area (Å²) in [5, 5.41) is 1.76. The molecule has 0 spiro atoms. The maximum absolute atomic E-state index is 15.8. The first kappa shape index (κ1) is 26.0. The highest BCUT2D eigenvalue weighted by atomic mass is 19.2. The maximum atomic E-state index is 15.8. The molecule has 214 valence electrons. The van der Waals surface area contributed by atoms with Crippen molar-refractivity contribution in [3.05, 3.63) is 99.7 Å². The van der Waals surface area contributed by atoms with Crippen LogP contribution in [-0.2, 0) is 9.47 Å². The largest absolute Gasteiger partial charge is 0.514 e. The van der Waals surface area contributed by atoms with E-state index in [1.165, 1.54) is 28.1 Å². The molecule has 2 aromatic carbocycles. The predicted molar refractivity (Wildman–Crippen MR) is 144 cm³/mol. The van der Waals surface area contributed by atoms with Crippen LogP contribution in [0.5, 0.6) is 5.75 Å². The van der Waals surface area contributed by atoms with E-state index in [-0.39, 0.29) is 37.6 Å². The summed E-state index contributed by atoms with van der Waals surface area (Å²) in [4.78, 5) is 40.8. The van der Waals surface area contributed by atoms with Crippen molar-refractivity contribution in [1.29, 1.82) is 0 Å². The normalized spacial score (nSPS) is 18.7. The van der Waals surface area contributed by atoms with Crippen LogP contribution < -0.4 is 15.2 Å². The molecule has 0 radical (unpaired) electrons. The smallest absolute Gasteiger partial charge is 0.464 e. The van der Waals surface area contributed by atoms with Gasteiger partial charge in [0.2, 0.25) is 11.2 Å². The number of ether oxygens (including phenoxy) is 3. The molecule has 4 heterocycles. The van der Waals surface area contributed by atoms with Crippen molar-refractivity contribution in [2.24, 2.45) is 0 Å². The number of carbonyl (C=O) groups is 2. The Morgan fingerprint density at radius 2 is 1.88 bits per heavy atom. The Morgan fingerprint density at radius 1 is 1.05 bits per heavy atom. The molecule has 0 N–H and O–H groups in total. The molecule has 1 aliphatic carbocycles. The lowest BCUT2D eigenvalue weighted by Crippen LogP contribution is -2.66. The van der Waals surface area contributed by atoms with Crippen LogP contribution in [0.15, 0.2) is 70.2 Å². The Hall–Kier alpha value is -4.97. The summed E-state index contributed by atoms with van der Waals surface area (Å²) in [5.41, 5.74) is 1.14. The minimum Gasteiger partial charge on any atom is -0.464 e. The van der Waals surface area contributed by atoms with E-state index in [0.29, 0.717) is 28.0 Å². The molecule has 4 aromatic rings. The molecule has 10 nitrogen and oxygen atoms in total. The number of amides is 1. The second-order valence-corrected chi connectivity index (χ2v) is 9.90. The van der Waals surface area contributed by atoms with E-state index >= 15 is 4.39 Å².